The van der Waals surface area contributed by atoms with Crippen LogP contribution in [0.3, 0.4) is 0 Å². The molecule has 2 amide bonds. The molecule has 3 aromatic carbocycles. The maximum Gasteiger partial charge on any atom is 0.347 e. The number of benzene rings is 3. The molecule has 0 saturated heterocycles. The van der Waals surface area contributed by atoms with E-state index in [9.17, 15) is 9.59 Å². The summed E-state index contributed by atoms with van der Waals surface area (Å²) in [5.74, 6) is 0.303. The van der Waals surface area contributed by atoms with Gasteiger partial charge in [0.15, 0.2) is 6.20 Å². The van der Waals surface area contributed by atoms with Gasteiger partial charge in [0.1, 0.15) is 26.2 Å². The number of hydrogen-bond donors (Lipinski definition) is 3. The molecule has 0 bridgehead atoms. The fourth-order valence-electron chi connectivity index (χ4n) is 5.20. The first-order chi connectivity index (χ1) is 20.8. The van der Waals surface area contributed by atoms with Crippen LogP contribution in [0, 0.1) is 0 Å². The molecule has 8 heteroatoms. The van der Waals surface area contributed by atoms with Gasteiger partial charge < -0.3 is 16.0 Å². The van der Waals surface area contributed by atoms with Crippen LogP contribution >= 0.6 is 0 Å². The van der Waals surface area contributed by atoms with E-state index in [2.05, 4.69) is 98.9 Å². The van der Waals surface area contributed by atoms with Crippen LogP contribution in [0.5, 0.6) is 0 Å². The average Bonchev–Trinajstić information content (AvgIpc) is 3.33. The minimum absolute atomic E-state index is 0.121. The summed E-state index contributed by atoms with van der Waals surface area (Å²) in [4.78, 5) is 25.1. The summed E-state index contributed by atoms with van der Waals surface area (Å²) in [7, 11) is 5.53. The lowest BCUT2D eigenvalue weighted by atomic mass is 9.73. The molecular weight excluding hydrogens is 548 g/mol. The number of nitrogens with one attached hydrogen (secondary N) is 3. The Kier molecular flexibility index (Phi) is 9.53. The lowest BCUT2D eigenvalue weighted by Gasteiger charge is -2.31. The van der Waals surface area contributed by atoms with E-state index in [4.69, 9.17) is 0 Å². The van der Waals surface area contributed by atoms with Crippen LogP contribution in [0.4, 0.5) is 11.4 Å². The van der Waals surface area contributed by atoms with E-state index in [0.717, 1.165) is 22.5 Å². The Morgan fingerprint density at radius 2 is 1.39 bits per heavy atom. The number of carbonyl (C=O) groups is 2. The number of nitrogens with zero attached hydrogens (tertiary/aromatic N) is 3. The summed E-state index contributed by atoms with van der Waals surface area (Å²) < 4.78 is 5.25. The van der Waals surface area contributed by atoms with E-state index in [1.165, 1.54) is 11.1 Å². The van der Waals surface area contributed by atoms with Gasteiger partial charge in [0, 0.05) is 22.2 Å². The molecular formula is C36H44N6O2+2. The summed E-state index contributed by atoms with van der Waals surface area (Å²) in [6.45, 7) is 12.8. The second-order valence-corrected chi connectivity index (χ2v) is 12.3. The Morgan fingerprint density at radius 3 is 1.86 bits per heavy atom. The van der Waals surface area contributed by atoms with E-state index in [1.807, 2.05) is 57.8 Å². The largest absolute Gasteiger partial charge is 0.377 e. The van der Waals surface area contributed by atoms with Gasteiger partial charge in [-0.05, 0) is 46.5 Å². The van der Waals surface area contributed by atoms with Gasteiger partial charge in [-0.15, -0.1) is 0 Å². The van der Waals surface area contributed by atoms with Gasteiger partial charge in [-0.3, -0.25) is 9.59 Å². The highest BCUT2D eigenvalue weighted by molar-refractivity contribution is 6.00. The van der Waals surface area contributed by atoms with E-state index in [-0.39, 0.29) is 29.2 Å². The third-order valence-electron chi connectivity index (χ3n) is 8.16. The summed E-state index contributed by atoms with van der Waals surface area (Å²) in [5.41, 5.74) is 5.68. The van der Waals surface area contributed by atoms with E-state index < -0.39 is 0 Å². The number of amides is 2. The average molecular weight is 593 g/mol. The molecule has 4 rings (SSSR count). The summed E-state index contributed by atoms with van der Waals surface area (Å²) in [5, 5.41) is 8.89. The van der Waals surface area contributed by atoms with Crippen LogP contribution in [0.25, 0.3) is 0 Å². The zero-order chi connectivity index (χ0) is 32.1. The zero-order valence-corrected chi connectivity index (χ0v) is 26.8. The van der Waals surface area contributed by atoms with Crippen molar-refractivity contribution >= 4 is 29.9 Å². The number of carbonyl (C=O) groups excluding carboxylic acids is 2. The smallest absolute Gasteiger partial charge is 0.347 e. The number of aryl methyl sites for hydroxylation is 2. The Bertz CT molecular complexity index is 1660. The van der Waals surface area contributed by atoms with Crippen LogP contribution < -0.4 is 20.5 Å². The van der Waals surface area contributed by atoms with Crippen molar-refractivity contribution in [3.8, 4) is 0 Å². The molecule has 0 atom stereocenters. The Balaban J connectivity index is 1.46. The van der Waals surface area contributed by atoms with Gasteiger partial charge in [-0.25, -0.2) is 13.7 Å². The fourth-order valence-corrected chi connectivity index (χ4v) is 5.20. The molecule has 0 aliphatic heterocycles. The molecule has 0 saturated carbocycles. The monoisotopic (exact) mass is 592 g/mol. The topological polar surface area (TPSA) is 82.1 Å². The highest BCUT2D eigenvalue weighted by Gasteiger charge is 2.28. The summed E-state index contributed by atoms with van der Waals surface area (Å²) in [6.07, 6.45) is 7.14. The highest BCUT2D eigenvalue weighted by Crippen LogP contribution is 2.37. The number of rotatable bonds is 11. The summed E-state index contributed by atoms with van der Waals surface area (Å²) >= 11 is 0. The van der Waals surface area contributed by atoms with E-state index >= 15 is 0 Å². The van der Waals surface area contributed by atoms with Crippen molar-refractivity contribution < 1.29 is 18.7 Å². The first-order valence-electron chi connectivity index (χ1n) is 14.7. The molecule has 0 spiro atoms. The second kappa shape index (κ2) is 13.1. The lowest BCUT2D eigenvalue weighted by molar-refractivity contribution is -0.672. The third-order valence-corrected chi connectivity index (χ3v) is 8.16. The molecule has 1 aromatic heterocycles. The molecule has 228 valence electrons. The Labute approximate surface area is 260 Å². The van der Waals surface area contributed by atoms with Gasteiger partial charge >= 0.3 is 11.7 Å². The molecule has 0 unspecified atom stereocenters. The second-order valence-electron chi connectivity index (χ2n) is 12.3. The van der Waals surface area contributed by atoms with Crippen molar-refractivity contribution in [1.29, 1.82) is 0 Å². The van der Waals surface area contributed by atoms with Gasteiger partial charge in [0.25, 0.3) is 0 Å². The lowest BCUT2D eigenvalue weighted by Crippen LogP contribution is -2.37. The zero-order valence-electron chi connectivity index (χ0n) is 26.8. The number of aromatic nitrogens is 2. The van der Waals surface area contributed by atoms with Crippen molar-refractivity contribution in [3.63, 3.8) is 0 Å². The van der Waals surface area contributed by atoms with Crippen molar-refractivity contribution in [2.45, 2.75) is 38.5 Å². The number of hydrogen-bond acceptors (Lipinski definition) is 3. The fraction of sp³-hybridized carbons (Fsp3) is 0.278. The quantitative estimate of drug-likeness (QED) is 0.168. The Morgan fingerprint density at radius 1 is 0.864 bits per heavy atom. The van der Waals surface area contributed by atoms with Gasteiger partial charge in [-0.2, -0.15) is 0 Å². The van der Waals surface area contributed by atoms with Crippen molar-refractivity contribution in [2.24, 2.45) is 14.1 Å². The normalized spacial score (nSPS) is 11.8. The van der Waals surface area contributed by atoms with Crippen LogP contribution in [-0.2, 0) is 29.7 Å². The SMILES string of the molecule is C=[N+](C)/C=C\NCC(=O)Nc1ccc(C(C)(C)c2cccc(C(C)(C)c3ccc(NC(=O)c4n(C)cc[n+]4C)cc3)c2)cc1. The van der Waals surface area contributed by atoms with Crippen molar-refractivity contribution in [3.05, 3.63) is 126 Å². The van der Waals surface area contributed by atoms with Crippen molar-refractivity contribution in [1.82, 2.24) is 9.88 Å². The number of anilines is 2. The molecule has 1 heterocycles. The van der Waals surface area contributed by atoms with Gasteiger partial charge in [-0.1, -0.05) is 76.2 Å². The first-order valence-corrected chi connectivity index (χ1v) is 14.7. The summed E-state index contributed by atoms with van der Waals surface area (Å²) in [6, 6.07) is 24.8. The van der Waals surface area contributed by atoms with Crippen LogP contribution in [-0.4, -0.2) is 41.3 Å². The van der Waals surface area contributed by atoms with Gasteiger partial charge in [0.2, 0.25) is 5.91 Å². The molecule has 3 N–H and O–H groups in total. The molecule has 0 fully saturated rings. The Hall–Kier alpha value is -4.98. The van der Waals surface area contributed by atoms with Crippen molar-refractivity contribution in [2.75, 3.05) is 24.2 Å². The van der Waals surface area contributed by atoms with Crippen LogP contribution in [0.15, 0.2) is 97.6 Å². The molecule has 0 radical (unpaired) electrons. The van der Waals surface area contributed by atoms with E-state index in [1.54, 1.807) is 26.1 Å². The van der Waals surface area contributed by atoms with Crippen LogP contribution in [0.1, 0.15) is 60.6 Å². The molecule has 8 nitrogen and oxygen atoms in total. The molecule has 0 aliphatic rings. The molecule has 0 aliphatic carbocycles. The number of imidazole rings is 1. The van der Waals surface area contributed by atoms with Crippen LogP contribution in [0.2, 0.25) is 0 Å². The minimum Gasteiger partial charge on any atom is -0.377 e. The maximum atomic E-state index is 12.8. The highest BCUT2D eigenvalue weighted by atomic mass is 16.2. The standard InChI is InChI=1S/C36H42N6O2/c1-35(2,26-12-16-30(17-13-26)38-32(43)25-37-20-21-40(5)6)28-10-9-11-29(24-28)36(3,4)27-14-18-31(19-15-27)39-33(44)34-41(7)22-23-42(34)8/h9-24,37H,5,25H2,1-4,6-8H3/p+2/b21-20-. The predicted octanol–water partition coefficient (Wildman–Crippen LogP) is 5.10. The molecule has 44 heavy (non-hydrogen) atoms. The minimum atomic E-state index is -0.264. The third kappa shape index (κ3) is 7.32. The first kappa shape index (κ1) is 31.9. The van der Waals surface area contributed by atoms with E-state index in [0.29, 0.717) is 5.82 Å². The van der Waals surface area contributed by atoms with Gasteiger partial charge in [0.05, 0.1) is 26.8 Å². The maximum absolute atomic E-state index is 12.8. The molecule has 4 aromatic rings. The predicted molar refractivity (Wildman–Crippen MR) is 177 cm³/mol.